The summed E-state index contributed by atoms with van der Waals surface area (Å²) in [7, 11) is 0. The molecule has 0 amide bonds. The Kier molecular flexibility index (Phi) is 3.75. The first-order valence-corrected chi connectivity index (χ1v) is 8.61. The highest BCUT2D eigenvalue weighted by molar-refractivity contribution is 5.81. The molecule has 0 spiro atoms. The van der Waals surface area contributed by atoms with E-state index in [1.54, 1.807) is 0 Å². The standard InChI is InChI=1S/C19H21N5O/c1-11(2)7-14-8-13-5-6-15(12(3)4)21-17(13)24-9-16(22-18(14)24)19-23-20-10-25-19/h5-6,8-12H,7H2,1-4H3. The Morgan fingerprint density at radius 1 is 1.08 bits per heavy atom. The van der Waals surface area contributed by atoms with Crippen molar-refractivity contribution in [2.45, 2.75) is 40.0 Å². The third-order valence-corrected chi connectivity index (χ3v) is 4.28. The van der Waals surface area contributed by atoms with E-state index >= 15 is 0 Å². The second-order valence-electron chi connectivity index (χ2n) is 7.13. The summed E-state index contributed by atoms with van der Waals surface area (Å²) < 4.78 is 7.38. The Hall–Kier alpha value is -2.76. The highest BCUT2D eigenvalue weighted by Gasteiger charge is 2.16. The van der Waals surface area contributed by atoms with Crippen LogP contribution in [0.5, 0.6) is 0 Å². The second kappa shape index (κ2) is 5.95. The van der Waals surface area contributed by atoms with Crippen LogP contribution in [0.4, 0.5) is 0 Å². The van der Waals surface area contributed by atoms with E-state index in [0.717, 1.165) is 28.8 Å². The van der Waals surface area contributed by atoms with E-state index < -0.39 is 0 Å². The fourth-order valence-electron chi connectivity index (χ4n) is 3.10. The number of fused-ring (bicyclic) bond motifs is 3. The topological polar surface area (TPSA) is 69.1 Å². The van der Waals surface area contributed by atoms with E-state index in [4.69, 9.17) is 14.4 Å². The van der Waals surface area contributed by atoms with Gasteiger partial charge in [0, 0.05) is 17.3 Å². The molecule has 4 aromatic rings. The van der Waals surface area contributed by atoms with Crippen LogP contribution in [0.2, 0.25) is 0 Å². The van der Waals surface area contributed by atoms with Crippen molar-refractivity contribution in [2.75, 3.05) is 0 Å². The molecule has 0 atom stereocenters. The van der Waals surface area contributed by atoms with Crippen molar-refractivity contribution in [3.05, 3.63) is 42.0 Å². The fraction of sp³-hybridized carbons (Fsp3) is 0.368. The molecule has 0 saturated heterocycles. The Balaban J connectivity index is 2.02. The molecule has 0 saturated carbocycles. The summed E-state index contributed by atoms with van der Waals surface area (Å²) in [5.74, 6) is 1.33. The van der Waals surface area contributed by atoms with Crippen LogP contribution in [-0.2, 0) is 6.42 Å². The largest absolute Gasteiger partial charge is 0.422 e. The summed E-state index contributed by atoms with van der Waals surface area (Å²) in [5, 5.41) is 8.86. The molecule has 6 nitrogen and oxygen atoms in total. The van der Waals surface area contributed by atoms with Crippen LogP contribution in [0, 0.1) is 5.92 Å². The lowest BCUT2D eigenvalue weighted by Gasteiger charge is -2.11. The number of pyridine rings is 2. The van der Waals surface area contributed by atoms with Crippen molar-refractivity contribution in [3.8, 4) is 11.6 Å². The van der Waals surface area contributed by atoms with Crippen LogP contribution in [0.15, 0.2) is 35.2 Å². The lowest BCUT2D eigenvalue weighted by atomic mass is 10.0. The second-order valence-corrected chi connectivity index (χ2v) is 7.13. The molecule has 0 unspecified atom stereocenters. The van der Waals surface area contributed by atoms with Crippen molar-refractivity contribution in [2.24, 2.45) is 5.92 Å². The number of aromatic nitrogens is 5. The predicted octanol–water partition coefficient (Wildman–Crippen LogP) is 4.25. The molecule has 4 rings (SSSR count). The Bertz CT molecular complexity index is 1030. The molecule has 0 fully saturated rings. The number of nitrogens with zero attached hydrogens (tertiary/aromatic N) is 5. The van der Waals surface area contributed by atoms with Crippen LogP contribution in [0.1, 0.15) is 44.9 Å². The number of hydrogen-bond acceptors (Lipinski definition) is 5. The highest BCUT2D eigenvalue weighted by Crippen LogP contribution is 2.27. The lowest BCUT2D eigenvalue weighted by Crippen LogP contribution is -2.02. The molecule has 0 aliphatic carbocycles. The van der Waals surface area contributed by atoms with Gasteiger partial charge < -0.3 is 4.42 Å². The number of hydrogen-bond donors (Lipinski definition) is 0. The molecule has 4 heterocycles. The molecule has 6 heteroatoms. The average Bonchev–Trinajstić information content (AvgIpc) is 3.23. The van der Waals surface area contributed by atoms with Gasteiger partial charge in [0.15, 0.2) is 0 Å². The van der Waals surface area contributed by atoms with E-state index in [0.29, 0.717) is 23.4 Å². The summed E-state index contributed by atoms with van der Waals surface area (Å²) >= 11 is 0. The van der Waals surface area contributed by atoms with Gasteiger partial charge in [-0.05, 0) is 42.0 Å². The minimum absolute atomic E-state index is 0.369. The molecule has 0 aliphatic heterocycles. The van der Waals surface area contributed by atoms with Crippen molar-refractivity contribution in [3.63, 3.8) is 0 Å². The molecular formula is C19H21N5O. The maximum Gasteiger partial charge on any atom is 0.267 e. The monoisotopic (exact) mass is 335 g/mol. The van der Waals surface area contributed by atoms with E-state index in [9.17, 15) is 0 Å². The van der Waals surface area contributed by atoms with Gasteiger partial charge in [0.2, 0.25) is 6.39 Å². The zero-order valence-electron chi connectivity index (χ0n) is 14.9. The zero-order chi connectivity index (χ0) is 17.6. The minimum Gasteiger partial charge on any atom is -0.422 e. The van der Waals surface area contributed by atoms with Gasteiger partial charge in [0.1, 0.15) is 17.0 Å². The zero-order valence-corrected chi connectivity index (χ0v) is 14.9. The number of rotatable bonds is 4. The summed E-state index contributed by atoms with van der Waals surface area (Å²) in [4.78, 5) is 9.63. The molecule has 0 aromatic carbocycles. The van der Waals surface area contributed by atoms with E-state index in [1.165, 1.54) is 12.0 Å². The van der Waals surface area contributed by atoms with Crippen LogP contribution in [-0.4, -0.2) is 24.6 Å². The quantitative estimate of drug-likeness (QED) is 0.557. The molecule has 0 aliphatic rings. The average molecular weight is 335 g/mol. The van der Waals surface area contributed by atoms with Gasteiger partial charge in [-0.3, -0.25) is 4.40 Å². The van der Waals surface area contributed by atoms with Gasteiger partial charge in [0.05, 0.1) is 0 Å². The Morgan fingerprint density at radius 2 is 1.92 bits per heavy atom. The van der Waals surface area contributed by atoms with E-state index in [2.05, 4.69) is 60.5 Å². The van der Waals surface area contributed by atoms with Crippen LogP contribution in [0.25, 0.3) is 28.3 Å². The van der Waals surface area contributed by atoms with Crippen molar-refractivity contribution < 1.29 is 4.42 Å². The van der Waals surface area contributed by atoms with Gasteiger partial charge in [0.25, 0.3) is 5.89 Å². The first-order valence-electron chi connectivity index (χ1n) is 8.61. The van der Waals surface area contributed by atoms with Crippen molar-refractivity contribution in [1.29, 1.82) is 0 Å². The molecule has 25 heavy (non-hydrogen) atoms. The molecule has 0 bridgehead atoms. The van der Waals surface area contributed by atoms with Gasteiger partial charge in [-0.2, -0.15) is 0 Å². The Labute approximate surface area is 145 Å². The SMILES string of the molecule is CC(C)Cc1cc2ccc(C(C)C)nc2n2cc(-c3nnco3)nc12. The summed E-state index contributed by atoms with van der Waals surface area (Å²) in [6, 6.07) is 6.45. The molecule has 0 radical (unpaired) electrons. The normalized spacial score (nSPS) is 12.1. The highest BCUT2D eigenvalue weighted by atomic mass is 16.4. The van der Waals surface area contributed by atoms with Crippen molar-refractivity contribution in [1.82, 2.24) is 24.6 Å². The smallest absolute Gasteiger partial charge is 0.267 e. The van der Waals surface area contributed by atoms with E-state index in [1.807, 2.05) is 6.20 Å². The molecule has 0 N–H and O–H groups in total. The maximum absolute atomic E-state index is 5.33. The van der Waals surface area contributed by atoms with Gasteiger partial charge in [-0.15, -0.1) is 10.2 Å². The van der Waals surface area contributed by atoms with Crippen molar-refractivity contribution >= 4 is 16.7 Å². The maximum atomic E-state index is 5.33. The molecule has 4 aromatic heterocycles. The summed E-state index contributed by atoms with van der Waals surface area (Å²) in [5.41, 5.74) is 4.76. The van der Waals surface area contributed by atoms with Crippen LogP contribution in [0.3, 0.4) is 0 Å². The molecular weight excluding hydrogens is 314 g/mol. The van der Waals surface area contributed by atoms with Gasteiger partial charge in [-0.25, -0.2) is 9.97 Å². The summed E-state index contributed by atoms with van der Waals surface area (Å²) in [6.45, 7) is 8.72. The third kappa shape index (κ3) is 2.77. The lowest BCUT2D eigenvalue weighted by molar-refractivity contribution is 0.567. The third-order valence-electron chi connectivity index (χ3n) is 4.28. The minimum atomic E-state index is 0.369. The van der Waals surface area contributed by atoms with Gasteiger partial charge in [-0.1, -0.05) is 27.7 Å². The van der Waals surface area contributed by atoms with E-state index in [-0.39, 0.29) is 0 Å². The summed E-state index contributed by atoms with van der Waals surface area (Å²) in [6.07, 6.45) is 4.21. The van der Waals surface area contributed by atoms with Crippen LogP contribution >= 0.6 is 0 Å². The number of imidazole rings is 1. The predicted molar refractivity (Wildman–Crippen MR) is 96.4 cm³/mol. The Morgan fingerprint density at radius 3 is 2.60 bits per heavy atom. The van der Waals surface area contributed by atoms with Gasteiger partial charge >= 0.3 is 0 Å². The fourth-order valence-corrected chi connectivity index (χ4v) is 3.10. The first-order chi connectivity index (χ1) is 12.0. The van der Waals surface area contributed by atoms with Crippen LogP contribution < -0.4 is 0 Å². The first kappa shape index (κ1) is 15.7. The molecule has 128 valence electrons.